The Morgan fingerprint density at radius 2 is 1.83 bits per heavy atom. The summed E-state index contributed by atoms with van der Waals surface area (Å²) in [5.74, 6) is 0.676. The Bertz CT molecular complexity index is 1230. The van der Waals surface area contributed by atoms with E-state index in [0.717, 1.165) is 22.9 Å². The van der Waals surface area contributed by atoms with Gasteiger partial charge in [-0.1, -0.05) is 23.2 Å². The molecule has 2 heterocycles. The fraction of sp³-hybridized carbons (Fsp3) is 0.0526. The first-order valence-corrected chi connectivity index (χ1v) is 11.9. The van der Waals surface area contributed by atoms with Crippen molar-refractivity contribution in [2.45, 2.75) is 4.90 Å². The Hall–Kier alpha value is -2.06. The van der Waals surface area contributed by atoms with Gasteiger partial charge in [-0.25, -0.2) is 4.98 Å². The standard InChI is InChI=1S/C19H15Cl2N4O3PS/c20-14-8-15(21)10-17(9-14)30-25(12-29(26,27)28)16-1-2-18-13(7-16)3-6-24(18)19-11-22-4-5-23-19/h1-11H,12H2,(H2,26,27,28). The average molecular weight is 481 g/mol. The number of hydrogen-bond acceptors (Lipinski definition) is 5. The zero-order valence-corrected chi connectivity index (χ0v) is 18.5. The van der Waals surface area contributed by atoms with Crippen LogP contribution in [0.1, 0.15) is 0 Å². The summed E-state index contributed by atoms with van der Waals surface area (Å²) in [6, 6.07) is 12.4. The normalized spacial score (nSPS) is 11.7. The highest BCUT2D eigenvalue weighted by Crippen LogP contribution is 2.42. The molecule has 2 aromatic carbocycles. The SMILES string of the molecule is O=P(O)(O)CN(Sc1cc(Cl)cc(Cl)c1)c1ccc2c(ccn2-c2cnccn2)c1. The average Bonchev–Trinajstić information content (AvgIpc) is 3.09. The Morgan fingerprint density at radius 1 is 1.07 bits per heavy atom. The van der Waals surface area contributed by atoms with Gasteiger partial charge in [0.1, 0.15) is 6.29 Å². The molecule has 0 aliphatic rings. The molecular weight excluding hydrogens is 466 g/mol. The van der Waals surface area contributed by atoms with Crippen molar-refractivity contribution in [2.24, 2.45) is 0 Å². The number of nitrogens with zero attached hydrogens (tertiary/aromatic N) is 4. The number of benzene rings is 2. The van der Waals surface area contributed by atoms with Crippen molar-refractivity contribution in [1.82, 2.24) is 14.5 Å². The van der Waals surface area contributed by atoms with Gasteiger partial charge in [-0.3, -0.25) is 18.4 Å². The summed E-state index contributed by atoms with van der Waals surface area (Å²) in [5.41, 5.74) is 1.52. The maximum absolute atomic E-state index is 11.8. The van der Waals surface area contributed by atoms with E-state index in [1.54, 1.807) is 42.9 Å². The highest BCUT2D eigenvalue weighted by Gasteiger charge is 2.22. The van der Waals surface area contributed by atoms with E-state index in [-0.39, 0.29) is 0 Å². The summed E-state index contributed by atoms with van der Waals surface area (Å²) in [6.45, 7) is 0. The zero-order valence-electron chi connectivity index (χ0n) is 15.3. The predicted octanol–water partition coefficient (Wildman–Crippen LogP) is 5.38. The van der Waals surface area contributed by atoms with Crippen molar-refractivity contribution >= 4 is 59.3 Å². The molecule has 0 bridgehead atoms. The lowest BCUT2D eigenvalue weighted by Crippen LogP contribution is -2.16. The van der Waals surface area contributed by atoms with Crippen LogP contribution in [-0.2, 0) is 4.57 Å². The Morgan fingerprint density at radius 3 is 2.50 bits per heavy atom. The monoisotopic (exact) mass is 480 g/mol. The first-order valence-electron chi connectivity index (χ1n) is 8.62. The molecule has 0 radical (unpaired) electrons. The van der Waals surface area contributed by atoms with E-state index in [9.17, 15) is 14.4 Å². The van der Waals surface area contributed by atoms with Crippen molar-refractivity contribution in [3.05, 3.63) is 77.3 Å². The fourth-order valence-electron chi connectivity index (χ4n) is 2.94. The van der Waals surface area contributed by atoms with Gasteiger partial charge < -0.3 is 9.79 Å². The smallest absolute Gasteiger partial charge is 0.323 e. The van der Waals surface area contributed by atoms with Crippen molar-refractivity contribution in [2.75, 3.05) is 10.6 Å². The van der Waals surface area contributed by atoms with Gasteiger partial charge in [0.05, 0.1) is 11.7 Å². The van der Waals surface area contributed by atoms with E-state index in [2.05, 4.69) is 9.97 Å². The van der Waals surface area contributed by atoms with Crippen molar-refractivity contribution in [3.8, 4) is 5.82 Å². The Balaban J connectivity index is 1.72. The van der Waals surface area contributed by atoms with Gasteiger partial charge in [-0.05, 0) is 54.4 Å². The van der Waals surface area contributed by atoms with E-state index >= 15 is 0 Å². The number of aromatic nitrogens is 3. The first-order chi connectivity index (χ1) is 14.3. The van der Waals surface area contributed by atoms with Crippen LogP contribution in [0.5, 0.6) is 0 Å². The maximum atomic E-state index is 11.8. The quantitative estimate of drug-likeness (QED) is 0.282. The van der Waals surface area contributed by atoms with E-state index in [0.29, 0.717) is 26.4 Å². The second kappa shape index (κ2) is 8.59. The number of halogens is 2. The summed E-state index contributed by atoms with van der Waals surface area (Å²) in [7, 11) is -4.34. The van der Waals surface area contributed by atoms with Crippen LogP contribution in [0.25, 0.3) is 16.7 Å². The highest BCUT2D eigenvalue weighted by molar-refractivity contribution is 8.01. The molecule has 2 aromatic heterocycles. The van der Waals surface area contributed by atoms with Crippen molar-refractivity contribution in [1.29, 1.82) is 0 Å². The summed E-state index contributed by atoms with van der Waals surface area (Å²) >= 11 is 13.3. The summed E-state index contributed by atoms with van der Waals surface area (Å²) in [4.78, 5) is 28.2. The lowest BCUT2D eigenvalue weighted by atomic mass is 10.2. The van der Waals surface area contributed by atoms with E-state index in [4.69, 9.17) is 23.2 Å². The predicted molar refractivity (Wildman–Crippen MR) is 121 cm³/mol. The maximum Gasteiger partial charge on any atom is 0.345 e. The van der Waals surface area contributed by atoms with Gasteiger partial charge in [-0.2, -0.15) is 0 Å². The Labute approximate surface area is 186 Å². The lowest BCUT2D eigenvalue weighted by molar-refractivity contribution is 0.374. The number of anilines is 1. The lowest BCUT2D eigenvalue weighted by Gasteiger charge is -2.24. The number of hydrogen-bond donors (Lipinski definition) is 2. The van der Waals surface area contributed by atoms with Crippen molar-refractivity contribution < 1.29 is 14.4 Å². The second-order valence-electron chi connectivity index (χ2n) is 6.37. The van der Waals surface area contributed by atoms with Crippen LogP contribution in [0.2, 0.25) is 10.0 Å². The van der Waals surface area contributed by atoms with Crippen LogP contribution in [0.15, 0.2) is 72.1 Å². The summed E-state index contributed by atoms with van der Waals surface area (Å²) < 4.78 is 15.2. The molecule has 0 unspecified atom stereocenters. The van der Waals surface area contributed by atoms with Crippen LogP contribution in [-0.4, -0.2) is 30.6 Å². The van der Waals surface area contributed by atoms with E-state index < -0.39 is 13.9 Å². The Kier molecular flexibility index (Phi) is 6.06. The minimum absolute atomic E-state index is 0.442. The fourth-order valence-corrected chi connectivity index (χ4v) is 5.61. The molecule has 0 saturated carbocycles. The van der Waals surface area contributed by atoms with Crippen LogP contribution >= 0.6 is 42.7 Å². The molecular formula is C19H15Cl2N4O3PS. The van der Waals surface area contributed by atoms with Crippen LogP contribution in [0.4, 0.5) is 5.69 Å². The number of fused-ring (bicyclic) bond motifs is 1. The molecule has 11 heteroatoms. The molecule has 0 atom stereocenters. The molecule has 4 aromatic rings. The largest absolute Gasteiger partial charge is 0.345 e. The second-order valence-corrected chi connectivity index (χ2v) is 9.95. The minimum Gasteiger partial charge on any atom is -0.323 e. The molecule has 0 saturated heterocycles. The first kappa shape index (κ1) is 21.2. The van der Waals surface area contributed by atoms with E-state index in [1.165, 1.54) is 4.31 Å². The third-order valence-electron chi connectivity index (χ3n) is 4.12. The van der Waals surface area contributed by atoms with Crippen LogP contribution in [0, 0.1) is 0 Å². The third kappa shape index (κ3) is 4.98. The topological polar surface area (TPSA) is 91.5 Å². The third-order valence-corrected chi connectivity index (χ3v) is 6.41. The van der Waals surface area contributed by atoms with E-state index in [1.807, 2.05) is 29.0 Å². The van der Waals surface area contributed by atoms with Crippen molar-refractivity contribution in [3.63, 3.8) is 0 Å². The van der Waals surface area contributed by atoms with Crippen LogP contribution in [0.3, 0.4) is 0 Å². The zero-order chi connectivity index (χ0) is 21.3. The molecule has 0 aliphatic carbocycles. The number of rotatable bonds is 6. The molecule has 4 rings (SSSR count). The van der Waals surface area contributed by atoms with Gasteiger partial charge >= 0.3 is 7.60 Å². The van der Waals surface area contributed by atoms with Crippen LogP contribution < -0.4 is 4.31 Å². The summed E-state index contributed by atoms with van der Waals surface area (Å²) in [6.07, 6.45) is 6.27. The molecule has 2 N–H and O–H groups in total. The molecule has 0 fully saturated rings. The van der Waals surface area contributed by atoms with Gasteiger partial charge in [0.2, 0.25) is 0 Å². The molecule has 30 heavy (non-hydrogen) atoms. The van der Waals surface area contributed by atoms with Gasteiger partial charge in [0.25, 0.3) is 0 Å². The molecule has 0 amide bonds. The van der Waals surface area contributed by atoms with Gasteiger partial charge in [-0.15, -0.1) is 0 Å². The minimum atomic E-state index is -4.34. The molecule has 0 spiro atoms. The highest BCUT2D eigenvalue weighted by atomic mass is 35.5. The molecule has 154 valence electrons. The van der Waals surface area contributed by atoms with Gasteiger partial charge in [0, 0.05) is 44.6 Å². The molecule has 0 aliphatic heterocycles. The molecule has 7 nitrogen and oxygen atoms in total. The van der Waals surface area contributed by atoms with Gasteiger partial charge in [0.15, 0.2) is 5.82 Å². The summed E-state index contributed by atoms with van der Waals surface area (Å²) in [5, 5.41) is 1.77.